The number of nitrogens with zero attached hydrogens (tertiary/aromatic N) is 3. The lowest BCUT2D eigenvalue weighted by Gasteiger charge is -2.29. The van der Waals surface area contributed by atoms with Gasteiger partial charge in [0.15, 0.2) is 11.0 Å². The molecule has 1 atom stereocenters. The van der Waals surface area contributed by atoms with E-state index in [2.05, 4.69) is 4.98 Å². The van der Waals surface area contributed by atoms with Crippen LogP contribution < -0.4 is 5.56 Å². The Balaban J connectivity index is 1.69. The highest BCUT2D eigenvalue weighted by Crippen LogP contribution is 2.20. The first-order chi connectivity index (χ1) is 15.2. The molecular weight excluding hydrogens is 440 g/mol. The van der Waals surface area contributed by atoms with E-state index < -0.39 is 24.6 Å². The van der Waals surface area contributed by atoms with E-state index in [1.807, 2.05) is 13.8 Å². The standard InChI is InChI=1S/C20H28N4O7S/c1-12(2)29-11-10-24-15-6-9-23(16(15)17(25)21-18(24)32)13(3)30-20(28)31-14-4-7-22(8-5-14)19(26)27/h6,9,12-14H,4-5,7-8,10-11H2,1-3H3,(H,26,27)(H,21,25,32). The maximum atomic E-state index is 12.6. The van der Waals surface area contributed by atoms with E-state index in [1.54, 1.807) is 23.8 Å². The number of hydrogen-bond acceptors (Lipinski definition) is 7. The molecule has 1 aliphatic heterocycles. The Hall–Kier alpha value is -2.86. The van der Waals surface area contributed by atoms with Crippen molar-refractivity contribution < 1.29 is 28.9 Å². The molecular formula is C20H28N4O7S. The summed E-state index contributed by atoms with van der Waals surface area (Å²) in [5, 5.41) is 9.00. The van der Waals surface area contributed by atoms with E-state index in [1.165, 1.54) is 9.47 Å². The number of carboxylic acid groups (broad SMARTS) is 1. The molecule has 3 rings (SSSR count). The first kappa shape index (κ1) is 23.8. The summed E-state index contributed by atoms with van der Waals surface area (Å²) in [6, 6.07) is 1.74. The van der Waals surface area contributed by atoms with Gasteiger partial charge in [0.2, 0.25) is 0 Å². The minimum atomic E-state index is -0.986. The Morgan fingerprint density at radius 2 is 1.97 bits per heavy atom. The average molecular weight is 469 g/mol. The van der Waals surface area contributed by atoms with Gasteiger partial charge < -0.3 is 33.4 Å². The molecule has 11 nitrogen and oxygen atoms in total. The maximum Gasteiger partial charge on any atom is 0.510 e. The Morgan fingerprint density at radius 3 is 2.59 bits per heavy atom. The number of amides is 1. The van der Waals surface area contributed by atoms with Crippen LogP contribution in [0.15, 0.2) is 17.1 Å². The van der Waals surface area contributed by atoms with E-state index >= 15 is 0 Å². The molecule has 32 heavy (non-hydrogen) atoms. The second kappa shape index (κ2) is 10.2. The number of aromatic nitrogens is 3. The molecule has 1 fully saturated rings. The molecule has 1 aliphatic rings. The summed E-state index contributed by atoms with van der Waals surface area (Å²) < 4.78 is 19.9. The van der Waals surface area contributed by atoms with Gasteiger partial charge in [-0.3, -0.25) is 9.78 Å². The number of aromatic amines is 1. The lowest BCUT2D eigenvalue weighted by Crippen LogP contribution is -2.40. The molecule has 1 unspecified atom stereocenters. The van der Waals surface area contributed by atoms with Crippen LogP contribution in [0.25, 0.3) is 11.0 Å². The molecule has 1 amide bonds. The highest BCUT2D eigenvalue weighted by atomic mass is 32.1. The van der Waals surface area contributed by atoms with Crippen molar-refractivity contribution in [3.63, 3.8) is 0 Å². The van der Waals surface area contributed by atoms with Crippen molar-refractivity contribution in [2.75, 3.05) is 19.7 Å². The lowest BCUT2D eigenvalue weighted by atomic mass is 10.1. The summed E-state index contributed by atoms with van der Waals surface area (Å²) in [6.07, 6.45) is -0.551. The van der Waals surface area contributed by atoms with Crippen molar-refractivity contribution in [1.82, 2.24) is 19.0 Å². The molecule has 2 N–H and O–H groups in total. The highest BCUT2D eigenvalue weighted by molar-refractivity contribution is 7.71. The van der Waals surface area contributed by atoms with Crippen LogP contribution in [0.4, 0.5) is 9.59 Å². The average Bonchev–Trinajstić information content (AvgIpc) is 3.16. The fraction of sp³-hybridized carbons (Fsp3) is 0.600. The molecule has 1 saturated heterocycles. The minimum Gasteiger partial charge on any atom is -0.465 e. The summed E-state index contributed by atoms with van der Waals surface area (Å²) in [4.78, 5) is 39.8. The monoisotopic (exact) mass is 468 g/mol. The molecule has 0 spiro atoms. The summed E-state index contributed by atoms with van der Waals surface area (Å²) in [5.74, 6) is 0. The van der Waals surface area contributed by atoms with Crippen molar-refractivity contribution in [1.29, 1.82) is 0 Å². The van der Waals surface area contributed by atoms with Gasteiger partial charge in [0, 0.05) is 38.7 Å². The van der Waals surface area contributed by atoms with Gasteiger partial charge in [0.05, 0.1) is 18.2 Å². The largest absolute Gasteiger partial charge is 0.510 e. The summed E-state index contributed by atoms with van der Waals surface area (Å²) in [7, 11) is 0. The van der Waals surface area contributed by atoms with Crippen LogP contribution in [0.1, 0.15) is 39.8 Å². The molecule has 3 heterocycles. The molecule has 0 aliphatic carbocycles. The fourth-order valence-corrected chi connectivity index (χ4v) is 3.93. The van der Waals surface area contributed by atoms with Crippen LogP contribution >= 0.6 is 12.2 Å². The number of carbonyl (C=O) groups is 2. The topological polar surface area (TPSA) is 128 Å². The Kier molecular flexibility index (Phi) is 7.56. The Labute approximate surface area is 189 Å². The number of rotatable bonds is 7. The lowest BCUT2D eigenvalue weighted by molar-refractivity contribution is -0.0288. The van der Waals surface area contributed by atoms with E-state index in [-0.39, 0.29) is 16.4 Å². The third-order valence-electron chi connectivity index (χ3n) is 5.27. The molecule has 12 heteroatoms. The number of nitrogens with one attached hydrogen (secondary N) is 1. The molecule has 0 bridgehead atoms. The zero-order valence-corrected chi connectivity index (χ0v) is 19.1. The fourth-order valence-electron chi connectivity index (χ4n) is 3.65. The second-order valence-corrected chi connectivity index (χ2v) is 8.23. The maximum absolute atomic E-state index is 12.6. The van der Waals surface area contributed by atoms with Gasteiger partial charge in [-0.2, -0.15) is 0 Å². The van der Waals surface area contributed by atoms with Crippen molar-refractivity contribution >= 4 is 35.5 Å². The summed E-state index contributed by atoms with van der Waals surface area (Å²) in [6.45, 7) is 6.98. The van der Waals surface area contributed by atoms with Crippen LogP contribution in [0.5, 0.6) is 0 Å². The molecule has 0 saturated carbocycles. The summed E-state index contributed by atoms with van der Waals surface area (Å²) >= 11 is 5.30. The summed E-state index contributed by atoms with van der Waals surface area (Å²) in [5.41, 5.74) is 0.537. The van der Waals surface area contributed by atoms with Crippen molar-refractivity contribution in [3.8, 4) is 0 Å². The number of piperidine rings is 1. The number of hydrogen-bond donors (Lipinski definition) is 2. The third-order valence-corrected chi connectivity index (χ3v) is 5.59. The molecule has 2 aromatic rings. The van der Waals surface area contributed by atoms with Crippen LogP contribution in [-0.4, -0.2) is 68.3 Å². The third kappa shape index (κ3) is 5.49. The van der Waals surface area contributed by atoms with Crippen molar-refractivity contribution in [2.24, 2.45) is 0 Å². The second-order valence-electron chi connectivity index (χ2n) is 7.84. The highest BCUT2D eigenvalue weighted by Gasteiger charge is 2.26. The van der Waals surface area contributed by atoms with Gasteiger partial charge in [-0.25, -0.2) is 9.59 Å². The SMILES string of the molecule is CC(C)OCCn1c(=S)[nH]c(=O)c2c1ccn2C(C)OC(=O)OC1CCN(C(=O)O)CC1. The Morgan fingerprint density at radius 1 is 1.28 bits per heavy atom. The van der Waals surface area contributed by atoms with Gasteiger partial charge in [-0.15, -0.1) is 0 Å². The number of likely N-dealkylation sites (tertiary alicyclic amines) is 1. The van der Waals surface area contributed by atoms with E-state index in [0.717, 1.165) is 0 Å². The number of ether oxygens (including phenoxy) is 3. The number of carbonyl (C=O) groups excluding carboxylic acids is 1. The smallest absolute Gasteiger partial charge is 0.465 e. The van der Waals surface area contributed by atoms with Crippen molar-refractivity contribution in [3.05, 3.63) is 27.4 Å². The van der Waals surface area contributed by atoms with E-state index in [9.17, 15) is 14.4 Å². The predicted octanol–water partition coefficient (Wildman–Crippen LogP) is 3.10. The minimum absolute atomic E-state index is 0.0721. The van der Waals surface area contributed by atoms with Crippen LogP contribution in [0.2, 0.25) is 0 Å². The first-order valence-electron chi connectivity index (χ1n) is 10.5. The molecule has 176 valence electrons. The van der Waals surface area contributed by atoms with Crippen LogP contribution in [0.3, 0.4) is 0 Å². The van der Waals surface area contributed by atoms with Crippen molar-refractivity contribution in [2.45, 2.75) is 58.6 Å². The zero-order chi connectivity index (χ0) is 23.4. The Bertz CT molecular complexity index is 1080. The molecule has 0 aromatic carbocycles. The van der Waals surface area contributed by atoms with Crippen LogP contribution in [-0.2, 0) is 20.8 Å². The van der Waals surface area contributed by atoms with E-state index in [0.29, 0.717) is 50.1 Å². The van der Waals surface area contributed by atoms with E-state index in [4.69, 9.17) is 31.5 Å². The molecule has 0 radical (unpaired) electrons. The van der Waals surface area contributed by atoms with Gasteiger partial charge in [-0.1, -0.05) is 0 Å². The number of H-pyrrole nitrogens is 1. The van der Waals surface area contributed by atoms with Gasteiger partial charge in [0.25, 0.3) is 5.56 Å². The normalized spacial score (nSPS) is 15.8. The van der Waals surface area contributed by atoms with Gasteiger partial charge in [0.1, 0.15) is 11.6 Å². The van der Waals surface area contributed by atoms with Gasteiger partial charge >= 0.3 is 12.2 Å². The van der Waals surface area contributed by atoms with Crippen LogP contribution in [0, 0.1) is 4.77 Å². The zero-order valence-electron chi connectivity index (χ0n) is 18.3. The van der Waals surface area contributed by atoms with Gasteiger partial charge in [-0.05, 0) is 39.1 Å². The quantitative estimate of drug-likeness (QED) is 0.469. The predicted molar refractivity (Wildman–Crippen MR) is 117 cm³/mol. The molecule has 2 aromatic heterocycles. The first-order valence-corrected chi connectivity index (χ1v) is 10.9. The number of fused-ring (bicyclic) bond motifs is 1.